The summed E-state index contributed by atoms with van der Waals surface area (Å²) in [4.78, 5) is 45.2. The van der Waals surface area contributed by atoms with Crippen LogP contribution in [0.25, 0.3) is 16.8 Å². The summed E-state index contributed by atoms with van der Waals surface area (Å²) in [5, 5.41) is 2.89. The van der Waals surface area contributed by atoms with E-state index in [0.717, 1.165) is 22.4 Å². The van der Waals surface area contributed by atoms with Crippen molar-refractivity contribution in [3.05, 3.63) is 36.6 Å². The van der Waals surface area contributed by atoms with Crippen molar-refractivity contribution in [3.8, 4) is 11.1 Å². The van der Waals surface area contributed by atoms with Crippen molar-refractivity contribution >= 4 is 30.2 Å². The van der Waals surface area contributed by atoms with Gasteiger partial charge >= 0.3 is 6.09 Å². The van der Waals surface area contributed by atoms with Crippen LogP contribution in [0.2, 0.25) is 0 Å². The maximum absolute atomic E-state index is 13.2. The largest absolute Gasteiger partial charge is 0.444 e. The predicted octanol–water partition coefficient (Wildman–Crippen LogP) is 3.61. The molecule has 0 saturated carbocycles. The van der Waals surface area contributed by atoms with Crippen molar-refractivity contribution in [3.63, 3.8) is 0 Å². The molecule has 1 aliphatic heterocycles. The van der Waals surface area contributed by atoms with E-state index in [1.54, 1.807) is 47.3 Å². The Morgan fingerprint density at radius 3 is 2.40 bits per heavy atom. The number of piperidine rings is 1. The van der Waals surface area contributed by atoms with Crippen LogP contribution >= 0.6 is 0 Å². The van der Waals surface area contributed by atoms with Gasteiger partial charge in [0.1, 0.15) is 23.3 Å². The van der Waals surface area contributed by atoms with E-state index >= 15 is 0 Å². The summed E-state index contributed by atoms with van der Waals surface area (Å²) < 4.78 is 5.46. The standard InChI is InChI=1S/C25H35N7O3/c1-8-19(20-18(15-29-21(20)26-5)17-13-27-16-28-14-17)32-11-9-25(10-12-32,22(33)31(6)7)30-23(34)35-24(2,3)4/h8,13-16,29H,5,9-12H2,1-4,6-7H3,(H,30,34)/b19-8+. The number of aliphatic imine (C=N–C) groups is 1. The molecule has 1 aliphatic rings. The summed E-state index contributed by atoms with van der Waals surface area (Å²) in [6.45, 7) is 12.2. The number of rotatable bonds is 6. The van der Waals surface area contributed by atoms with Gasteiger partial charge < -0.3 is 24.8 Å². The van der Waals surface area contributed by atoms with Crippen LogP contribution in [0.4, 0.5) is 10.6 Å². The number of aromatic amines is 1. The van der Waals surface area contributed by atoms with Gasteiger partial charge in [-0.2, -0.15) is 0 Å². The quantitative estimate of drug-likeness (QED) is 0.609. The predicted molar refractivity (Wildman–Crippen MR) is 136 cm³/mol. The lowest BCUT2D eigenvalue weighted by Crippen LogP contribution is -2.63. The molecule has 35 heavy (non-hydrogen) atoms. The van der Waals surface area contributed by atoms with E-state index in [0.29, 0.717) is 31.7 Å². The number of likely N-dealkylation sites (tertiary alicyclic amines) is 1. The van der Waals surface area contributed by atoms with Crippen molar-refractivity contribution in [2.24, 2.45) is 4.99 Å². The van der Waals surface area contributed by atoms with Gasteiger partial charge in [-0.15, -0.1) is 0 Å². The monoisotopic (exact) mass is 481 g/mol. The van der Waals surface area contributed by atoms with E-state index in [4.69, 9.17) is 4.74 Å². The number of aromatic nitrogens is 3. The van der Waals surface area contributed by atoms with Gasteiger partial charge in [-0.3, -0.25) is 4.79 Å². The number of nitrogens with one attached hydrogen (secondary N) is 2. The second-order valence-corrected chi connectivity index (χ2v) is 9.78. The SMILES string of the molecule is C=Nc1[nH]cc(-c2cncnc2)c1/C(=C\C)N1CCC(NC(=O)OC(C)(C)C)(C(=O)N(C)C)CC1. The minimum Gasteiger partial charge on any atom is -0.444 e. The average molecular weight is 482 g/mol. The van der Waals surface area contributed by atoms with Crippen LogP contribution in [0.15, 0.2) is 36.0 Å². The number of likely N-dealkylation sites (N-methyl/N-ethyl adjacent to an activating group) is 1. The van der Waals surface area contributed by atoms with E-state index in [1.165, 1.54) is 11.2 Å². The molecule has 2 aromatic heterocycles. The van der Waals surface area contributed by atoms with E-state index in [2.05, 4.69) is 36.9 Å². The summed E-state index contributed by atoms with van der Waals surface area (Å²) in [5.41, 5.74) is 1.91. The number of H-pyrrole nitrogens is 1. The number of carbonyl (C=O) groups excluding carboxylic acids is 2. The molecule has 0 bridgehead atoms. The molecule has 1 saturated heterocycles. The molecule has 0 atom stereocenters. The third-order valence-electron chi connectivity index (χ3n) is 5.93. The Hall–Kier alpha value is -3.69. The fourth-order valence-corrected chi connectivity index (χ4v) is 4.40. The molecule has 1 fully saturated rings. The topological polar surface area (TPSA) is 116 Å². The van der Waals surface area contributed by atoms with E-state index in [-0.39, 0.29) is 5.91 Å². The van der Waals surface area contributed by atoms with Gasteiger partial charge in [-0.1, -0.05) is 6.08 Å². The number of amides is 2. The molecule has 10 heteroatoms. The number of carbonyl (C=O) groups is 2. The van der Waals surface area contributed by atoms with Crippen molar-refractivity contribution in [2.75, 3.05) is 27.2 Å². The summed E-state index contributed by atoms with van der Waals surface area (Å²) in [7, 11) is 3.39. The highest BCUT2D eigenvalue weighted by Crippen LogP contribution is 2.39. The molecule has 0 unspecified atom stereocenters. The number of nitrogens with zero attached hydrogens (tertiary/aromatic N) is 5. The molecule has 2 N–H and O–H groups in total. The normalized spacial score (nSPS) is 15.9. The number of allylic oxidation sites excluding steroid dienone is 1. The first kappa shape index (κ1) is 25.9. The first-order valence-corrected chi connectivity index (χ1v) is 11.6. The van der Waals surface area contributed by atoms with Crippen LogP contribution in [0.3, 0.4) is 0 Å². The van der Waals surface area contributed by atoms with Crippen molar-refractivity contribution in [1.29, 1.82) is 0 Å². The number of ether oxygens (including phenoxy) is 1. The van der Waals surface area contributed by atoms with Crippen LogP contribution < -0.4 is 5.32 Å². The maximum atomic E-state index is 13.2. The lowest BCUT2D eigenvalue weighted by molar-refractivity contribution is -0.137. The minimum absolute atomic E-state index is 0.151. The van der Waals surface area contributed by atoms with Crippen LogP contribution in [0, 0.1) is 0 Å². The van der Waals surface area contributed by atoms with Gasteiger partial charge in [-0.25, -0.2) is 19.8 Å². The minimum atomic E-state index is -1.05. The summed E-state index contributed by atoms with van der Waals surface area (Å²) >= 11 is 0. The maximum Gasteiger partial charge on any atom is 0.408 e. The van der Waals surface area contributed by atoms with Crippen LogP contribution in [-0.2, 0) is 9.53 Å². The Bertz CT molecular complexity index is 1090. The Morgan fingerprint density at radius 1 is 1.26 bits per heavy atom. The fraction of sp³-hybridized carbons (Fsp3) is 0.480. The molecule has 0 radical (unpaired) electrons. The van der Waals surface area contributed by atoms with Crippen molar-refractivity contribution in [2.45, 2.75) is 51.7 Å². The molecule has 188 valence electrons. The molecule has 0 aromatic carbocycles. The van der Waals surface area contributed by atoms with Crippen molar-refractivity contribution < 1.29 is 14.3 Å². The van der Waals surface area contributed by atoms with Crippen LogP contribution in [0.1, 0.15) is 46.1 Å². The molecule has 10 nitrogen and oxygen atoms in total. The van der Waals surface area contributed by atoms with Gasteiger partial charge in [0, 0.05) is 68.2 Å². The lowest BCUT2D eigenvalue weighted by Gasteiger charge is -2.43. The van der Waals surface area contributed by atoms with Crippen LogP contribution in [0.5, 0.6) is 0 Å². The third-order valence-corrected chi connectivity index (χ3v) is 5.93. The van der Waals surface area contributed by atoms with E-state index in [1.807, 2.05) is 19.2 Å². The fourth-order valence-electron chi connectivity index (χ4n) is 4.40. The highest BCUT2D eigenvalue weighted by molar-refractivity contribution is 5.90. The molecule has 2 aromatic rings. The third kappa shape index (κ3) is 5.70. The zero-order valence-electron chi connectivity index (χ0n) is 21.4. The van der Waals surface area contributed by atoms with Gasteiger partial charge in [0.2, 0.25) is 5.91 Å². The van der Waals surface area contributed by atoms with Crippen molar-refractivity contribution in [1.82, 2.24) is 30.1 Å². The van der Waals surface area contributed by atoms with Crippen LogP contribution in [-0.4, -0.2) is 81.8 Å². The van der Waals surface area contributed by atoms with Gasteiger partial charge in [0.15, 0.2) is 0 Å². The molecule has 0 spiro atoms. The number of hydrogen-bond donors (Lipinski definition) is 2. The second-order valence-electron chi connectivity index (χ2n) is 9.78. The first-order chi connectivity index (χ1) is 16.5. The molecule has 3 heterocycles. The Morgan fingerprint density at radius 2 is 1.89 bits per heavy atom. The molecular weight excluding hydrogens is 446 g/mol. The Balaban J connectivity index is 1.89. The molecule has 3 rings (SSSR count). The molecule has 2 amide bonds. The summed E-state index contributed by atoms with van der Waals surface area (Å²) in [6.07, 6.45) is 9.13. The van der Waals surface area contributed by atoms with Gasteiger partial charge in [0.05, 0.1) is 0 Å². The zero-order valence-corrected chi connectivity index (χ0v) is 21.4. The van der Waals surface area contributed by atoms with Gasteiger partial charge in [-0.05, 0) is 47.3 Å². The van der Waals surface area contributed by atoms with Gasteiger partial charge in [0.25, 0.3) is 0 Å². The number of alkyl carbamates (subject to hydrolysis) is 1. The molecule has 0 aliphatic carbocycles. The zero-order chi connectivity index (χ0) is 25.8. The second kappa shape index (κ2) is 10.3. The average Bonchev–Trinajstić information content (AvgIpc) is 3.23. The van der Waals surface area contributed by atoms with E-state index < -0.39 is 17.2 Å². The Kier molecular flexibility index (Phi) is 7.62. The molecular formula is C25H35N7O3. The van der Waals surface area contributed by atoms with E-state index in [9.17, 15) is 9.59 Å². The lowest BCUT2D eigenvalue weighted by atomic mass is 9.85. The smallest absolute Gasteiger partial charge is 0.408 e. The number of hydrogen-bond acceptors (Lipinski definition) is 7. The summed E-state index contributed by atoms with van der Waals surface area (Å²) in [6, 6.07) is 0. The Labute approximate surface area is 206 Å². The highest BCUT2D eigenvalue weighted by atomic mass is 16.6. The highest BCUT2D eigenvalue weighted by Gasteiger charge is 2.45. The first-order valence-electron chi connectivity index (χ1n) is 11.6. The summed E-state index contributed by atoms with van der Waals surface area (Å²) in [5.74, 6) is 0.493.